The SMILES string of the molecule is C1=CC2NC=C(COc3ccc(Oc4ccc(-c5ccn[nH]5)cc4)cc3)C=C2N1. The van der Waals surface area contributed by atoms with Crippen LogP contribution in [0.1, 0.15) is 0 Å². The van der Waals surface area contributed by atoms with Crippen molar-refractivity contribution < 1.29 is 9.47 Å². The molecule has 2 aliphatic rings. The zero-order chi connectivity index (χ0) is 19.5. The molecule has 6 heteroatoms. The highest BCUT2D eigenvalue weighted by atomic mass is 16.5. The summed E-state index contributed by atoms with van der Waals surface area (Å²) in [5.41, 5.74) is 4.28. The van der Waals surface area contributed by atoms with E-state index in [1.54, 1.807) is 6.20 Å². The van der Waals surface area contributed by atoms with E-state index in [0.29, 0.717) is 6.61 Å². The summed E-state index contributed by atoms with van der Waals surface area (Å²) in [7, 11) is 0. The first-order valence-corrected chi connectivity index (χ1v) is 9.44. The Morgan fingerprint density at radius 3 is 2.41 bits per heavy atom. The lowest BCUT2D eigenvalue weighted by molar-refractivity contribution is 0.353. The summed E-state index contributed by atoms with van der Waals surface area (Å²) < 4.78 is 11.8. The number of nitrogens with zero attached hydrogens (tertiary/aromatic N) is 1. The zero-order valence-electron chi connectivity index (χ0n) is 15.6. The van der Waals surface area contributed by atoms with Gasteiger partial charge in [-0.25, -0.2) is 0 Å². The van der Waals surface area contributed by atoms with Crippen molar-refractivity contribution in [1.82, 2.24) is 20.8 Å². The van der Waals surface area contributed by atoms with Crippen molar-refractivity contribution in [3.63, 3.8) is 0 Å². The summed E-state index contributed by atoms with van der Waals surface area (Å²) in [5.74, 6) is 2.33. The quantitative estimate of drug-likeness (QED) is 0.597. The van der Waals surface area contributed by atoms with Crippen LogP contribution in [0, 0.1) is 0 Å². The Balaban J connectivity index is 1.17. The van der Waals surface area contributed by atoms with Gasteiger partial charge in [0.1, 0.15) is 23.9 Å². The van der Waals surface area contributed by atoms with Crippen molar-refractivity contribution in [3.8, 4) is 28.5 Å². The summed E-state index contributed by atoms with van der Waals surface area (Å²) >= 11 is 0. The average molecular weight is 384 g/mol. The van der Waals surface area contributed by atoms with E-state index in [2.05, 4.69) is 33.0 Å². The average Bonchev–Trinajstić information content (AvgIpc) is 3.46. The molecule has 0 bridgehead atoms. The number of benzene rings is 2. The largest absolute Gasteiger partial charge is 0.489 e. The number of aromatic nitrogens is 2. The summed E-state index contributed by atoms with van der Waals surface area (Å²) in [6.07, 6.45) is 9.89. The minimum atomic E-state index is 0.253. The van der Waals surface area contributed by atoms with Gasteiger partial charge in [0, 0.05) is 23.7 Å². The van der Waals surface area contributed by atoms with E-state index in [-0.39, 0.29) is 6.04 Å². The molecule has 1 unspecified atom stereocenters. The van der Waals surface area contributed by atoms with Crippen LogP contribution in [0.2, 0.25) is 0 Å². The Labute approximate surface area is 168 Å². The topological polar surface area (TPSA) is 71.2 Å². The molecule has 29 heavy (non-hydrogen) atoms. The van der Waals surface area contributed by atoms with Gasteiger partial charge in [0.15, 0.2) is 0 Å². The maximum atomic E-state index is 5.92. The fourth-order valence-electron chi connectivity index (χ4n) is 3.26. The van der Waals surface area contributed by atoms with E-state index in [9.17, 15) is 0 Å². The number of rotatable bonds is 6. The van der Waals surface area contributed by atoms with Gasteiger partial charge < -0.3 is 20.1 Å². The fourth-order valence-corrected chi connectivity index (χ4v) is 3.26. The van der Waals surface area contributed by atoms with Gasteiger partial charge >= 0.3 is 0 Å². The van der Waals surface area contributed by atoms with Gasteiger partial charge in [-0.15, -0.1) is 0 Å². The first-order chi connectivity index (χ1) is 14.3. The van der Waals surface area contributed by atoms with Crippen molar-refractivity contribution in [3.05, 3.63) is 96.6 Å². The third-order valence-corrected chi connectivity index (χ3v) is 4.79. The molecule has 0 spiro atoms. The van der Waals surface area contributed by atoms with Crippen LogP contribution in [0.15, 0.2) is 96.6 Å². The Hall–Kier alpha value is -3.93. The van der Waals surface area contributed by atoms with Crippen molar-refractivity contribution in [1.29, 1.82) is 0 Å². The van der Waals surface area contributed by atoms with Crippen LogP contribution in [-0.2, 0) is 0 Å². The lowest BCUT2D eigenvalue weighted by Gasteiger charge is -2.19. The molecule has 144 valence electrons. The van der Waals surface area contributed by atoms with Crippen molar-refractivity contribution in [2.45, 2.75) is 6.04 Å². The Bertz CT molecular complexity index is 1070. The molecule has 1 aromatic heterocycles. The van der Waals surface area contributed by atoms with Gasteiger partial charge in [-0.05, 0) is 78.5 Å². The summed E-state index contributed by atoms with van der Waals surface area (Å²) in [6, 6.07) is 17.7. The first-order valence-electron chi connectivity index (χ1n) is 9.44. The van der Waals surface area contributed by atoms with Crippen LogP contribution >= 0.6 is 0 Å². The van der Waals surface area contributed by atoms with Gasteiger partial charge in [0.2, 0.25) is 0 Å². The van der Waals surface area contributed by atoms with Crippen molar-refractivity contribution >= 4 is 0 Å². The Morgan fingerprint density at radius 2 is 1.66 bits per heavy atom. The number of fused-ring (bicyclic) bond motifs is 1. The number of dihydropyridines is 1. The molecule has 3 aromatic rings. The van der Waals surface area contributed by atoms with E-state index in [1.807, 2.05) is 67.0 Å². The lowest BCUT2D eigenvalue weighted by atomic mass is 10.1. The van der Waals surface area contributed by atoms with E-state index in [0.717, 1.165) is 39.8 Å². The standard InChI is InChI=1S/C23H20N4O2/c1-3-19(4-2-17(1)21-10-12-26-27-21)29-20-7-5-18(6-8-20)28-15-16-13-23-22(25-14-16)9-11-24-23/h1-14,22,24-25H,15H2,(H,26,27). The highest BCUT2D eigenvalue weighted by Gasteiger charge is 2.17. The van der Waals surface area contributed by atoms with E-state index >= 15 is 0 Å². The second-order valence-electron chi connectivity index (χ2n) is 6.82. The minimum absolute atomic E-state index is 0.253. The number of hydrogen-bond donors (Lipinski definition) is 3. The number of ether oxygens (including phenoxy) is 2. The zero-order valence-corrected chi connectivity index (χ0v) is 15.6. The minimum Gasteiger partial charge on any atom is -0.489 e. The van der Waals surface area contributed by atoms with E-state index < -0.39 is 0 Å². The molecule has 3 heterocycles. The molecule has 1 atom stereocenters. The Kier molecular flexibility index (Phi) is 4.50. The third kappa shape index (κ3) is 3.87. The number of aromatic amines is 1. The molecule has 0 radical (unpaired) electrons. The molecule has 6 nitrogen and oxygen atoms in total. The van der Waals surface area contributed by atoms with Crippen molar-refractivity contribution in [2.75, 3.05) is 6.61 Å². The summed E-state index contributed by atoms with van der Waals surface area (Å²) in [4.78, 5) is 0. The molecular formula is C23H20N4O2. The monoisotopic (exact) mass is 384 g/mol. The third-order valence-electron chi connectivity index (χ3n) is 4.79. The van der Waals surface area contributed by atoms with Gasteiger partial charge in [-0.1, -0.05) is 0 Å². The smallest absolute Gasteiger partial charge is 0.127 e. The maximum Gasteiger partial charge on any atom is 0.127 e. The highest BCUT2D eigenvalue weighted by molar-refractivity contribution is 5.59. The Morgan fingerprint density at radius 1 is 0.897 bits per heavy atom. The summed E-state index contributed by atoms with van der Waals surface area (Å²) in [5, 5.41) is 13.5. The summed E-state index contributed by atoms with van der Waals surface area (Å²) in [6.45, 7) is 0.500. The second-order valence-corrected chi connectivity index (χ2v) is 6.82. The molecule has 0 aliphatic carbocycles. The molecule has 5 rings (SSSR count). The predicted octanol–water partition coefficient (Wildman–Crippen LogP) is 4.10. The van der Waals surface area contributed by atoms with Crippen LogP contribution in [0.4, 0.5) is 0 Å². The van der Waals surface area contributed by atoms with Crippen LogP contribution in [-0.4, -0.2) is 22.8 Å². The van der Waals surface area contributed by atoms with Gasteiger partial charge in [0.05, 0.1) is 11.7 Å². The molecule has 0 amide bonds. The fraction of sp³-hybridized carbons (Fsp3) is 0.0870. The number of H-pyrrole nitrogens is 1. The molecular weight excluding hydrogens is 364 g/mol. The number of nitrogens with one attached hydrogen (secondary N) is 3. The van der Waals surface area contributed by atoms with Gasteiger partial charge in [0.25, 0.3) is 0 Å². The first kappa shape index (κ1) is 17.2. The van der Waals surface area contributed by atoms with E-state index in [1.165, 1.54) is 0 Å². The number of hydrogen-bond acceptors (Lipinski definition) is 5. The maximum absolute atomic E-state index is 5.92. The molecule has 3 N–H and O–H groups in total. The van der Waals surface area contributed by atoms with Crippen LogP contribution in [0.25, 0.3) is 11.3 Å². The van der Waals surface area contributed by atoms with Crippen LogP contribution in [0.3, 0.4) is 0 Å². The second kappa shape index (κ2) is 7.59. The van der Waals surface area contributed by atoms with Gasteiger partial charge in [-0.3, -0.25) is 5.10 Å². The molecule has 2 aliphatic heterocycles. The van der Waals surface area contributed by atoms with Crippen LogP contribution in [0.5, 0.6) is 17.2 Å². The highest BCUT2D eigenvalue weighted by Crippen LogP contribution is 2.26. The molecule has 0 saturated heterocycles. The molecule has 0 fully saturated rings. The lowest BCUT2D eigenvalue weighted by Crippen LogP contribution is -2.29. The molecule has 2 aromatic carbocycles. The van der Waals surface area contributed by atoms with Gasteiger partial charge in [-0.2, -0.15) is 5.10 Å². The normalized spacial score (nSPS) is 16.9. The predicted molar refractivity (Wildman–Crippen MR) is 111 cm³/mol. The molecule has 0 saturated carbocycles. The van der Waals surface area contributed by atoms with Crippen molar-refractivity contribution in [2.24, 2.45) is 0 Å². The van der Waals surface area contributed by atoms with E-state index in [4.69, 9.17) is 9.47 Å². The van der Waals surface area contributed by atoms with Crippen LogP contribution < -0.4 is 20.1 Å².